The zero-order valence-corrected chi connectivity index (χ0v) is 11.2. The van der Waals surface area contributed by atoms with Crippen LogP contribution in [-0.2, 0) is 0 Å². The van der Waals surface area contributed by atoms with Crippen molar-refractivity contribution in [3.8, 4) is 0 Å². The Balaban J connectivity index is 2.44. The van der Waals surface area contributed by atoms with Gasteiger partial charge >= 0.3 is 0 Å². The lowest BCUT2D eigenvalue weighted by Crippen LogP contribution is -2.22. The first kappa shape index (κ1) is 12.5. The molecule has 0 spiro atoms. The third-order valence-corrected chi connectivity index (χ3v) is 3.64. The fourth-order valence-corrected chi connectivity index (χ4v) is 2.36. The minimum Gasteiger partial charge on any atom is -0.458 e. The zero-order chi connectivity index (χ0) is 12.4. The molecule has 0 radical (unpaired) electrons. The molecule has 2 nitrogen and oxygen atoms in total. The number of hydrogen-bond acceptors (Lipinski definition) is 2. The number of fused-ring (bicyclic) bond motifs is 1. The first-order valence-electron chi connectivity index (χ1n) is 6.02. The van der Waals surface area contributed by atoms with Crippen molar-refractivity contribution >= 4 is 22.6 Å². The largest absolute Gasteiger partial charge is 0.458 e. The third-order valence-electron chi connectivity index (χ3n) is 3.35. The minimum atomic E-state index is 0.239. The van der Waals surface area contributed by atoms with Gasteiger partial charge in [0.1, 0.15) is 5.76 Å². The fourth-order valence-electron chi connectivity index (χ4n) is 2.14. The van der Waals surface area contributed by atoms with E-state index in [4.69, 9.17) is 16.0 Å². The Labute approximate surface area is 107 Å². The van der Waals surface area contributed by atoms with Crippen LogP contribution in [0.25, 0.3) is 11.0 Å². The topological polar surface area (TPSA) is 25.2 Å². The molecule has 3 heteroatoms. The molecule has 0 aliphatic heterocycles. The lowest BCUT2D eigenvalue weighted by Gasteiger charge is -2.19. The van der Waals surface area contributed by atoms with Gasteiger partial charge in [0.25, 0.3) is 0 Å². The van der Waals surface area contributed by atoms with Crippen LogP contribution in [0.2, 0.25) is 5.02 Å². The van der Waals surface area contributed by atoms with Crippen molar-refractivity contribution in [2.45, 2.75) is 26.3 Å². The quantitative estimate of drug-likeness (QED) is 0.872. The molecule has 1 aromatic carbocycles. The Morgan fingerprint density at radius 2 is 2.18 bits per heavy atom. The first-order chi connectivity index (χ1) is 8.17. The van der Waals surface area contributed by atoms with Gasteiger partial charge in [0.05, 0.1) is 11.1 Å². The predicted octanol–water partition coefficient (Wildman–Crippen LogP) is 4.39. The van der Waals surface area contributed by atoms with Gasteiger partial charge < -0.3 is 9.73 Å². The molecule has 2 aromatic rings. The first-order valence-corrected chi connectivity index (χ1v) is 6.40. The van der Waals surface area contributed by atoms with E-state index < -0.39 is 0 Å². The normalized spacial score (nSPS) is 15.1. The average molecular weight is 252 g/mol. The summed E-state index contributed by atoms with van der Waals surface area (Å²) in [5, 5.41) is 5.05. The van der Waals surface area contributed by atoms with Crippen LogP contribution in [0.3, 0.4) is 0 Å². The van der Waals surface area contributed by atoms with Gasteiger partial charge in [0.2, 0.25) is 0 Å². The Morgan fingerprint density at radius 3 is 2.76 bits per heavy atom. The minimum absolute atomic E-state index is 0.239. The van der Waals surface area contributed by atoms with Crippen LogP contribution >= 0.6 is 11.6 Å². The van der Waals surface area contributed by atoms with E-state index in [0.29, 0.717) is 10.9 Å². The molecule has 0 aliphatic rings. The van der Waals surface area contributed by atoms with Gasteiger partial charge in [0, 0.05) is 5.39 Å². The molecule has 2 unspecified atom stereocenters. The van der Waals surface area contributed by atoms with Crippen LogP contribution in [-0.4, -0.2) is 7.05 Å². The number of benzene rings is 1. The van der Waals surface area contributed by atoms with Gasteiger partial charge in [-0.05, 0) is 25.1 Å². The number of hydrogen-bond donors (Lipinski definition) is 1. The van der Waals surface area contributed by atoms with Crippen molar-refractivity contribution < 1.29 is 4.42 Å². The third kappa shape index (κ3) is 2.33. The molecule has 1 N–H and O–H groups in total. The molecule has 0 saturated carbocycles. The molecule has 0 saturated heterocycles. The van der Waals surface area contributed by atoms with E-state index in [9.17, 15) is 0 Å². The van der Waals surface area contributed by atoms with E-state index in [-0.39, 0.29) is 6.04 Å². The van der Waals surface area contributed by atoms with Crippen LogP contribution in [0.5, 0.6) is 0 Å². The molecule has 2 atom stereocenters. The summed E-state index contributed by atoms with van der Waals surface area (Å²) in [5.74, 6) is 1.49. The van der Waals surface area contributed by atoms with Gasteiger partial charge in [0.15, 0.2) is 5.58 Å². The predicted molar refractivity (Wildman–Crippen MR) is 72.5 cm³/mol. The Bertz CT molecular complexity index is 506. The van der Waals surface area contributed by atoms with E-state index in [1.54, 1.807) is 0 Å². The fraction of sp³-hybridized carbons (Fsp3) is 0.429. The standard InChI is InChI=1S/C14H18ClNO/c1-4-9(2)13(16-3)12-8-10-6-5-7-11(15)14(10)17-12/h5-9,13,16H,4H2,1-3H3. The van der Waals surface area contributed by atoms with E-state index in [0.717, 1.165) is 23.2 Å². The zero-order valence-electron chi connectivity index (χ0n) is 10.5. The number of nitrogens with one attached hydrogen (secondary N) is 1. The van der Waals surface area contributed by atoms with Crippen molar-refractivity contribution in [1.82, 2.24) is 5.32 Å². The smallest absolute Gasteiger partial charge is 0.152 e. The van der Waals surface area contributed by atoms with Crippen LogP contribution < -0.4 is 5.32 Å². The second kappa shape index (κ2) is 5.11. The van der Waals surface area contributed by atoms with Crippen molar-refractivity contribution in [3.63, 3.8) is 0 Å². The number of rotatable bonds is 4. The second-order valence-corrected chi connectivity index (χ2v) is 4.87. The van der Waals surface area contributed by atoms with E-state index >= 15 is 0 Å². The summed E-state index contributed by atoms with van der Waals surface area (Å²) in [6, 6.07) is 8.14. The van der Waals surface area contributed by atoms with Crippen LogP contribution in [0.15, 0.2) is 28.7 Å². The number of furan rings is 1. The van der Waals surface area contributed by atoms with Gasteiger partial charge in [-0.3, -0.25) is 0 Å². The summed E-state index contributed by atoms with van der Waals surface area (Å²) in [5.41, 5.74) is 0.785. The van der Waals surface area contributed by atoms with E-state index in [1.807, 2.05) is 25.2 Å². The van der Waals surface area contributed by atoms with Gasteiger partial charge in [-0.15, -0.1) is 0 Å². The molecule has 0 bridgehead atoms. The summed E-state index contributed by atoms with van der Waals surface area (Å²) >= 11 is 6.12. The second-order valence-electron chi connectivity index (χ2n) is 4.46. The maximum absolute atomic E-state index is 6.12. The highest BCUT2D eigenvalue weighted by Gasteiger charge is 2.20. The Hall–Kier alpha value is -0.990. The van der Waals surface area contributed by atoms with Crippen molar-refractivity contribution in [3.05, 3.63) is 35.0 Å². The molecule has 0 fully saturated rings. The van der Waals surface area contributed by atoms with Crippen LogP contribution in [0.4, 0.5) is 0 Å². The summed E-state index contributed by atoms with van der Waals surface area (Å²) in [6.45, 7) is 4.40. The molecule has 0 amide bonds. The van der Waals surface area contributed by atoms with Crippen LogP contribution in [0, 0.1) is 5.92 Å². The maximum atomic E-state index is 6.12. The lowest BCUT2D eigenvalue weighted by atomic mass is 9.97. The highest BCUT2D eigenvalue weighted by atomic mass is 35.5. The lowest BCUT2D eigenvalue weighted by molar-refractivity contribution is 0.344. The molecule has 1 aromatic heterocycles. The molecule has 0 aliphatic carbocycles. The SMILES string of the molecule is CCC(C)C(NC)c1cc2cccc(Cl)c2o1. The molecular weight excluding hydrogens is 234 g/mol. The summed E-state index contributed by atoms with van der Waals surface area (Å²) in [6.07, 6.45) is 1.11. The molecule has 92 valence electrons. The van der Waals surface area contributed by atoms with Crippen molar-refractivity contribution in [1.29, 1.82) is 0 Å². The highest BCUT2D eigenvalue weighted by molar-refractivity contribution is 6.34. The monoisotopic (exact) mass is 251 g/mol. The summed E-state index contributed by atoms with van der Waals surface area (Å²) in [7, 11) is 1.96. The van der Waals surface area contributed by atoms with Crippen molar-refractivity contribution in [2.75, 3.05) is 7.05 Å². The van der Waals surface area contributed by atoms with E-state index in [1.165, 1.54) is 0 Å². The molecular formula is C14H18ClNO. The van der Waals surface area contributed by atoms with Gasteiger partial charge in [-0.1, -0.05) is 44.0 Å². The Kier molecular flexibility index (Phi) is 3.75. The van der Waals surface area contributed by atoms with Crippen molar-refractivity contribution in [2.24, 2.45) is 5.92 Å². The summed E-state index contributed by atoms with van der Waals surface area (Å²) in [4.78, 5) is 0. The molecule has 2 rings (SSSR count). The van der Waals surface area contributed by atoms with Gasteiger partial charge in [-0.25, -0.2) is 0 Å². The maximum Gasteiger partial charge on any atom is 0.152 e. The summed E-state index contributed by atoms with van der Waals surface area (Å²) < 4.78 is 5.88. The van der Waals surface area contributed by atoms with Crippen LogP contribution in [0.1, 0.15) is 32.1 Å². The highest BCUT2D eigenvalue weighted by Crippen LogP contribution is 2.32. The average Bonchev–Trinajstić information content (AvgIpc) is 2.75. The molecule has 17 heavy (non-hydrogen) atoms. The number of halogens is 1. The number of para-hydroxylation sites is 1. The van der Waals surface area contributed by atoms with E-state index in [2.05, 4.69) is 25.2 Å². The molecule has 1 heterocycles. The van der Waals surface area contributed by atoms with Gasteiger partial charge in [-0.2, -0.15) is 0 Å². The Morgan fingerprint density at radius 1 is 1.41 bits per heavy atom.